The van der Waals surface area contributed by atoms with E-state index in [1.165, 1.54) is 9.79 Å². The van der Waals surface area contributed by atoms with E-state index < -0.39 is 0 Å². The van der Waals surface area contributed by atoms with E-state index in [-0.39, 0.29) is 6.10 Å². The lowest BCUT2D eigenvalue weighted by Gasteiger charge is -2.37. The van der Waals surface area contributed by atoms with Crippen molar-refractivity contribution in [2.75, 3.05) is 20.1 Å². The average molecular weight is 416 g/mol. The zero-order chi connectivity index (χ0) is 18.9. The number of ether oxygens (including phenoxy) is 1. The van der Waals surface area contributed by atoms with Crippen LogP contribution in [-0.4, -0.2) is 51.0 Å². The maximum Gasteiger partial charge on any atom is 0.236 e. The third kappa shape index (κ3) is 4.02. The number of benzene rings is 1. The van der Waals surface area contributed by atoms with Gasteiger partial charge in [0.15, 0.2) is 0 Å². The minimum Gasteiger partial charge on any atom is -0.473 e. The molecule has 8 heteroatoms. The van der Waals surface area contributed by atoms with Crippen LogP contribution in [0.2, 0.25) is 0 Å². The topological polar surface area (TPSA) is 53.5 Å². The highest BCUT2D eigenvalue weighted by molar-refractivity contribution is 8.14. The molecule has 148 valence electrons. The number of fused-ring (bicyclic) bond motifs is 1. The van der Waals surface area contributed by atoms with Crippen LogP contribution in [0.5, 0.6) is 5.88 Å². The van der Waals surface area contributed by atoms with E-state index in [0.717, 1.165) is 50.3 Å². The lowest BCUT2D eigenvalue weighted by Crippen LogP contribution is -2.49. The Morgan fingerprint density at radius 2 is 1.71 bits per heavy atom. The summed E-state index contributed by atoms with van der Waals surface area (Å²) in [5.74, 6) is 1.21. The van der Waals surface area contributed by atoms with E-state index in [4.69, 9.17) is 4.74 Å². The summed E-state index contributed by atoms with van der Waals surface area (Å²) in [4.78, 5) is 14.1. The molecular weight excluding hydrogens is 390 g/mol. The number of hydrogen-bond donors (Lipinski definition) is 1. The zero-order valence-electron chi connectivity index (χ0n) is 16.0. The largest absolute Gasteiger partial charge is 0.473 e. The molecular formula is C20H25N5OS2. The van der Waals surface area contributed by atoms with Crippen molar-refractivity contribution in [3.8, 4) is 5.88 Å². The first-order valence-corrected chi connectivity index (χ1v) is 11.5. The normalized spacial score (nSPS) is 26.0. The Hall–Kier alpha value is -1.32. The molecule has 28 heavy (non-hydrogen) atoms. The summed E-state index contributed by atoms with van der Waals surface area (Å²) in [5.41, 5.74) is 4.65. The van der Waals surface area contributed by atoms with E-state index in [2.05, 4.69) is 55.4 Å². The van der Waals surface area contributed by atoms with Gasteiger partial charge in [0, 0.05) is 47.0 Å². The van der Waals surface area contributed by atoms with Gasteiger partial charge in [0.1, 0.15) is 11.8 Å². The van der Waals surface area contributed by atoms with Crippen molar-refractivity contribution in [3.05, 3.63) is 42.4 Å². The number of rotatable bonds is 5. The summed E-state index contributed by atoms with van der Waals surface area (Å²) in [5, 5.41) is 0. The molecule has 0 spiro atoms. The molecule has 0 radical (unpaired) electrons. The van der Waals surface area contributed by atoms with E-state index in [1.807, 2.05) is 0 Å². The Balaban J connectivity index is 1.13. The number of hydrazine groups is 1. The van der Waals surface area contributed by atoms with Crippen molar-refractivity contribution in [2.45, 2.75) is 53.5 Å². The highest BCUT2D eigenvalue weighted by atomic mass is 32.2. The van der Waals surface area contributed by atoms with Gasteiger partial charge in [0.05, 0.1) is 0 Å². The molecule has 1 saturated heterocycles. The molecule has 6 nitrogen and oxygen atoms in total. The summed E-state index contributed by atoms with van der Waals surface area (Å²) < 4.78 is 8.42. The van der Waals surface area contributed by atoms with Gasteiger partial charge < -0.3 is 9.64 Å². The molecule has 0 atom stereocenters. The molecule has 0 bridgehead atoms. The van der Waals surface area contributed by atoms with Crippen LogP contribution in [-0.2, 0) is 0 Å². The van der Waals surface area contributed by atoms with E-state index >= 15 is 0 Å². The van der Waals surface area contributed by atoms with Gasteiger partial charge in [-0.2, -0.15) is 0 Å². The second-order valence-electron chi connectivity index (χ2n) is 7.75. The van der Waals surface area contributed by atoms with Crippen LogP contribution in [0.4, 0.5) is 0 Å². The third-order valence-electron chi connectivity index (χ3n) is 5.67. The number of aromatic nitrogens is 2. The maximum absolute atomic E-state index is 6.26. The second kappa shape index (κ2) is 8.20. The fraction of sp³-hybridized carbons (Fsp3) is 0.500. The molecule has 2 fully saturated rings. The molecule has 1 N–H and O–H groups in total. The maximum atomic E-state index is 6.26. The molecule has 0 unspecified atom stereocenters. The van der Waals surface area contributed by atoms with E-state index in [0.29, 0.717) is 12.0 Å². The molecule has 3 aliphatic rings. The van der Waals surface area contributed by atoms with E-state index in [1.54, 1.807) is 36.3 Å². The molecule has 1 aromatic heterocycles. The summed E-state index contributed by atoms with van der Waals surface area (Å²) in [7, 11) is 2.18. The van der Waals surface area contributed by atoms with Crippen LogP contribution < -0.4 is 10.2 Å². The molecule has 2 aromatic rings. The van der Waals surface area contributed by atoms with Gasteiger partial charge in [0.25, 0.3) is 0 Å². The number of nitrogens with zero attached hydrogens (tertiary/aromatic N) is 4. The van der Waals surface area contributed by atoms with Crippen LogP contribution in [0.1, 0.15) is 37.3 Å². The Morgan fingerprint density at radius 1 is 1.04 bits per heavy atom. The lowest BCUT2D eigenvalue weighted by molar-refractivity contribution is 0.0684. The second-order valence-corrected chi connectivity index (χ2v) is 9.95. The van der Waals surface area contributed by atoms with Crippen molar-refractivity contribution in [3.63, 3.8) is 0 Å². The standard InChI is InChI=1S/C20H25N5OS2/c1-24-10-6-14(7-11-24)19-20(22-9-8-21-19)26-16-12-15(13-16)23-25-27-17-4-2-3-5-18(17)28-25/h2-5,8-9,14-16,23H,6-7,10-13H2,1H3/t15-,16-. The molecule has 5 rings (SSSR count). The molecule has 1 aromatic carbocycles. The summed E-state index contributed by atoms with van der Waals surface area (Å²) >= 11 is 3.52. The predicted octanol–water partition coefficient (Wildman–Crippen LogP) is 3.73. The van der Waals surface area contributed by atoms with Crippen molar-refractivity contribution in [1.29, 1.82) is 0 Å². The Bertz CT molecular complexity index is 799. The fourth-order valence-electron chi connectivity index (χ4n) is 3.91. The highest BCUT2D eigenvalue weighted by Crippen LogP contribution is 2.45. The molecule has 1 saturated carbocycles. The SMILES string of the molecule is CN1CCC(c2nccnc2O[C@H]2C[C@H](NN3Sc4ccccc4S3)C2)CC1. The van der Waals surface area contributed by atoms with Gasteiger partial charge in [-0.3, -0.25) is 4.98 Å². The van der Waals surface area contributed by atoms with Crippen LogP contribution in [0.3, 0.4) is 0 Å². The number of likely N-dealkylation sites (tertiary alicyclic amines) is 1. The quantitative estimate of drug-likeness (QED) is 0.742. The van der Waals surface area contributed by atoms with Crippen LogP contribution in [0.15, 0.2) is 46.5 Å². The van der Waals surface area contributed by atoms with Crippen LogP contribution >= 0.6 is 23.9 Å². The minimum atomic E-state index is 0.221. The first-order chi connectivity index (χ1) is 13.7. The highest BCUT2D eigenvalue weighted by Gasteiger charge is 2.35. The Morgan fingerprint density at radius 3 is 2.43 bits per heavy atom. The molecule has 2 aliphatic heterocycles. The number of piperidine rings is 1. The monoisotopic (exact) mass is 415 g/mol. The summed E-state index contributed by atoms with van der Waals surface area (Å²) in [6.07, 6.45) is 8.02. The fourth-order valence-corrected chi connectivity index (χ4v) is 6.12. The molecule has 1 aliphatic carbocycles. The van der Waals surface area contributed by atoms with Crippen molar-refractivity contribution < 1.29 is 4.74 Å². The molecule has 0 amide bonds. The zero-order valence-corrected chi connectivity index (χ0v) is 17.6. The van der Waals surface area contributed by atoms with Gasteiger partial charge in [-0.05, 0) is 69.0 Å². The Kier molecular flexibility index (Phi) is 5.47. The van der Waals surface area contributed by atoms with Crippen molar-refractivity contribution >= 4 is 23.9 Å². The number of hydrogen-bond acceptors (Lipinski definition) is 8. The summed E-state index contributed by atoms with van der Waals surface area (Å²) in [6.45, 7) is 2.23. The van der Waals surface area contributed by atoms with Gasteiger partial charge >= 0.3 is 0 Å². The Labute approximate surface area is 174 Å². The van der Waals surface area contributed by atoms with Crippen LogP contribution in [0.25, 0.3) is 0 Å². The third-order valence-corrected chi connectivity index (χ3v) is 7.89. The van der Waals surface area contributed by atoms with Crippen molar-refractivity contribution in [1.82, 2.24) is 24.1 Å². The van der Waals surface area contributed by atoms with Gasteiger partial charge in [-0.1, -0.05) is 12.1 Å². The summed E-state index contributed by atoms with van der Waals surface area (Å²) in [6, 6.07) is 8.96. The van der Waals surface area contributed by atoms with E-state index in [9.17, 15) is 0 Å². The first-order valence-electron chi connectivity index (χ1n) is 9.92. The van der Waals surface area contributed by atoms with Gasteiger partial charge in [0.2, 0.25) is 5.88 Å². The first kappa shape index (κ1) is 18.7. The lowest BCUT2D eigenvalue weighted by atomic mass is 9.89. The van der Waals surface area contributed by atoms with Gasteiger partial charge in [-0.25, -0.2) is 10.4 Å². The average Bonchev–Trinajstić information content (AvgIpc) is 3.10. The van der Waals surface area contributed by atoms with Crippen LogP contribution in [0, 0.1) is 0 Å². The van der Waals surface area contributed by atoms with Gasteiger partial charge in [-0.15, -0.1) is 3.82 Å². The smallest absolute Gasteiger partial charge is 0.236 e. The minimum absolute atomic E-state index is 0.221. The molecule has 3 heterocycles. The number of nitrogens with one attached hydrogen (secondary N) is 1. The van der Waals surface area contributed by atoms with Crippen molar-refractivity contribution in [2.24, 2.45) is 0 Å². The predicted molar refractivity (Wildman–Crippen MR) is 112 cm³/mol.